The molecule has 0 amide bonds. The molecule has 1 heterocycles. The number of aliphatic hydroxyl groups excluding tert-OH is 1. The first-order valence-corrected chi connectivity index (χ1v) is 3.84. The van der Waals surface area contributed by atoms with Gasteiger partial charge < -0.3 is 10.4 Å². The minimum atomic E-state index is -4.46. The second kappa shape index (κ2) is 3.83. The lowest BCUT2D eigenvalue weighted by Crippen LogP contribution is -2.10. The Kier molecular flexibility index (Phi) is 2.95. The van der Waals surface area contributed by atoms with Gasteiger partial charge in [0, 0.05) is 12.6 Å². The summed E-state index contributed by atoms with van der Waals surface area (Å²) in [4.78, 5) is 3.34. The molecule has 1 aromatic heterocycles. The molecule has 0 atom stereocenters. The molecule has 2 N–H and O–H groups in total. The zero-order valence-corrected chi connectivity index (χ0v) is 7.39. The summed E-state index contributed by atoms with van der Waals surface area (Å²) in [7, 11) is 1.45. The normalized spacial score (nSPS) is 11.5. The number of hydrogen-bond donors (Lipinski definition) is 2. The first-order valence-electron chi connectivity index (χ1n) is 3.84. The summed E-state index contributed by atoms with van der Waals surface area (Å²) in [6, 6.07) is 2.04. The summed E-state index contributed by atoms with van der Waals surface area (Å²) >= 11 is 0. The molecule has 6 heteroatoms. The maximum Gasteiger partial charge on any atom is 0.433 e. The second-order valence-corrected chi connectivity index (χ2v) is 2.61. The maximum atomic E-state index is 12.2. The van der Waals surface area contributed by atoms with Crippen LogP contribution < -0.4 is 5.32 Å². The van der Waals surface area contributed by atoms with Crippen molar-refractivity contribution in [2.75, 3.05) is 12.4 Å². The molecule has 3 nitrogen and oxygen atoms in total. The standard InChI is InChI=1S/C8H9F3N2O/c1-12-7-5(4-14)2-3-6(13-7)8(9,10)11/h2-3,14H,4H2,1H3,(H,12,13). The zero-order chi connectivity index (χ0) is 10.8. The van der Waals surface area contributed by atoms with Gasteiger partial charge in [-0.1, -0.05) is 6.07 Å². The van der Waals surface area contributed by atoms with Crippen LogP contribution >= 0.6 is 0 Å². The average molecular weight is 206 g/mol. The number of nitrogens with zero attached hydrogens (tertiary/aromatic N) is 1. The van der Waals surface area contributed by atoms with Crippen molar-refractivity contribution in [2.24, 2.45) is 0 Å². The van der Waals surface area contributed by atoms with Crippen LogP contribution in [0.5, 0.6) is 0 Å². The molecule has 0 saturated heterocycles. The van der Waals surface area contributed by atoms with E-state index in [2.05, 4.69) is 10.3 Å². The Morgan fingerprint density at radius 3 is 2.50 bits per heavy atom. The Hall–Kier alpha value is -1.30. The van der Waals surface area contributed by atoms with Crippen LogP contribution in [-0.4, -0.2) is 17.1 Å². The van der Waals surface area contributed by atoms with Gasteiger partial charge in [0.25, 0.3) is 0 Å². The van der Waals surface area contributed by atoms with Crippen LogP contribution in [0.4, 0.5) is 19.0 Å². The Morgan fingerprint density at radius 2 is 2.07 bits per heavy atom. The van der Waals surface area contributed by atoms with Crippen LogP contribution in [0.1, 0.15) is 11.3 Å². The smallest absolute Gasteiger partial charge is 0.392 e. The maximum absolute atomic E-state index is 12.2. The fourth-order valence-corrected chi connectivity index (χ4v) is 0.990. The molecule has 0 fully saturated rings. The van der Waals surface area contributed by atoms with Gasteiger partial charge in [0.15, 0.2) is 0 Å². The third kappa shape index (κ3) is 2.14. The highest BCUT2D eigenvalue weighted by atomic mass is 19.4. The lowest BCUT2D eigenvalue weighted by atomic mass is 10.2. The second-order valence-electron chi connectivity index (χ2n) is 2.61. The van der Waals surface area contributed by atoms with Crippen molar-refractivity contribution in [3.63, 3.8) is 0 Å². The molecule has 0 aliphatic heterocycles. The van der Waals surface area contributed by atoms with Crippen molar-refractivity contribution >= 4 is 5.82 Å². The van der Waals surface area contributed by atoms with Crippen molar-refractivity contribution in [2.45, 2.75) is 12.8 Å². The monoisotopic (exact) mass is 206 g/mol. The quantitative estimate of drug-likeness (QED) is 0.773. The van der Waals surface area contributed by atoms with Crippen molar-refractivity contribution in [1.82, 2.24) is 4.98 Å². The Labute approximate surface area is 78.6 Å². The number of hydrogen-bond acceptors (Lipinski definition) is 3. The van der Waals surface area contributed by atoms with E-state index < -0.39 is 11.9 Å². The summed E-state index contributed by atoms with van der Waals surface area (Å²) < 4.78 is 36.6. The van der Waals surface area contributed by atoms with E-state index in [4.69, 9.17) is 5.11 Å². The molecular weight excluding hydrogens is 197 g/mol. The fourth-order valence-electron chi connectivity index (χ4n) is 0.990. The first kappa shape index (κ1) is 10.8. The van der Waals surface area contributed by atoms with Gasteiger partial charge in [0.05, 0.1) is 6.61 Å². The Bertz CT molecular complexity index is 325. The molecule has 0 unspecified atom stereocenters. The number of alkyl halides is 3. The molecule has 0 aromatic carbocycles. The van der Waals surface area contributed by atoms with Crippen molar-refractivity contribution in [3.8, 4) is 0 Å². The van der Waals surface area contributed by atoms with Gasteiger partial charge in [0.1, 0.15) is 11.5 Å². The van der Waals surface area contributed by atoms with E-state index in [1.807, 2.05) is 0 Å². The molecule has 1 aromatic rings. The third-order valence-electron chi connectivity index (χ3n) is 1.68. The van der Waals surface area contributed by atoms with E-state index in [9.17, 15) is 13.2 Å². The molecule has 0 radical (unpaired) electrons. The molecule has 1 rings (SSSR count). The highest BCUT2D eigenvalue weighted by molar-refractivity contribution is 5.44. The van der Waals surface area contributed by atoms with Gasteiger partial charge in [0.2, 0.25) is 0 Å². The number of pyridine rings is 1. The number of rotatable bonds is 2. The van der Waals surface area contributed by atoms with Crippen LogP contribution in [0.25, 0.3) is 0 Å². The third-order valence-corrected chi connectivity index (χ3v) is 1.68. The minimum Gasteiger partial charge on any atom is -0.392 e. The Balaban J connectivity index is 3.14. The number of aromatic nitrogens is 1. The van der Waals surface area contributed by atoms with Crippen molar-refractivity contribution in [1.29, 1.82) is 0 Å². The highest BCUT2D eigenvalue weighted by Gasteiger charge is 2.32. The number of aliphatic hydroxyl groups is 1. The van der Waals surface area contributed by atoms with E-state index in [0.717, 1.165) is 6.07 Å². The molecule has 0 saturated carbocycles. The molecule has 0 aliphatic carbocycles. The van der Waals surface area contributed by atoms with E-state index in [1.54, 1.807) is 0 Å². The topological polar surface area (TPSA) is 45.2 Å². The van der Waals surface area contributed by atoms with E-state index in [-0.39, 0.29) is 12.4 Å². The molecule has 0 aliphatic rings. The van der Waals surface area contributed by atoms with Gasteiger partial charge in [-0.15, -0.1) is 0 Å². The van der Waals surface area contributed by atoms with Gasteiger partial charge in [-0.05, 0) is 6.07 Å². The van der Waals surface area contributed by atoms with Crippen LogP contribution in [0.2, 0.25) is 0 Å². The summed E-state index contributed by atoms with van der Waals surface area (Å²) in [6.45, 7) is -0.346. The van der Waals surface area contributed by atoms with Gasteiger partial charge in [-0.25, -0.2) is 4.98 Å². The first-order chi connectivity index (χ1) is 6.49. The largest absolute Gasteiger partial charge is 0.433 e. The average Bonchev–Trinajstić information content (AvgIpc) is 2.15. The zero-order valence-electron chi connectivity index (χ0n) is 7.39. The van der Waals surface area contributed by atoms with E-state index >= 15 is 0 Å². The van der Waals surface area contributed by atoms with E-state index in [1.165, 1.54) is 13.1 Å². The fraction of sp³-hybridized carbons (Fsp3) is 0.375. The summed E-state index contributed by atoms with van der Waals surface area (Å²) in [5.74, 6) is 0.0438. The summed E-state index contributed by atoms with van der Waals surface area (Å²) in [6.07, 6.45) is -4.46. The van der Waals surface area contributed by atoms with Gasteiger partial charge >= 0.3 is 6.18 Å². The van der Waals surface area contributed by atoms with Crippen LogP contribution in [0, 0.1) is 0 Å². The number of anilines is 1. The lowest BCUT2D eigenvalue weighted by molar-refractivity contribution is -0.141. The minimum absolute atomic E-state index is 0.0438. The number of nitrogens with one attached hydrogen (secondary N) is 1. The molecule has 0 spiro atoms. The lowest BCUT2D eigenvalue weighted by Gasteiger charge is -2.10. The molecule has 14 heavy (non-hydrogen) atoms. The molecule has 78 valence electrons. The Morgan fingerprint density at radius 1 is 1.43 bits per heavy atom. The van der Waals surface area contributed by atoms with Crippen molar-refractivity contribution in [3.05, 3.63) is 23.4 Å². The summed E-state index contributed by atoms with van der Waals surface area (Å²) in [5, 5.41) is 11.3. The van der Waals surface area contributed by atoms with Crippen LogP contribution in [0.3, 0.4) is 0 Å². The molecule has 0 bridgehead atoms. The van der Waals surface area contributed by atoms with Gasteiger partial charge in [-0.2, -0.15) is 13.2 Å². The summed E-state index contributed by atoms with van der Waals surface area (Å²) in [5.41, 5.74) is -0.639. The van der Waals surface area contributed by atoms with Crippen LogP contribution in [0.15, 0.2) is 12.1 Å². The predicted octanol–water partition coefficient (Wildman–Crippen LogP) is 1.63. The van der Waals surface area contributed by atoms with Crippen LogP contribution in [-0.2, 0) is 12.8 Å². The van der Waals surface area contributed by atoms with Gasteiger partial charge in [-0.3, -0.25) is 0 Å². The predicted molar refractivity (Wildman–Crippen MR) is 44.7 cm³/mol. The number of halogens is 3. The molecular formula is C8H9F3N2O. The highest BCUT2D eigenvalue weighted by Crippen LogP contribution is 2.29. The SMILES string of the molecule is CNc1nc(C(F)(F)F)ccc1CO. The van der Waals surface area contributed by atoms with E-state index in [0.29, 0.717) is 5.56 Å². The van der Waals surface area contributed by atoms with Crippen molar-refractivity contribution < 1.29 is 18.3 Å².